The van der Waals surface area contributed by atoms with Gasteiger partial charge >= 0.3 is 5.91 Å². The van der Waals surface area contributed by atoms with Crippen LogP contribution in [0.15, 0.2) is 101 Å². The maximum Gasteiger partial charge on any atom is 0.301 e. The van der Waals surface area contributed by atoms with Gasteiger partial charge in [0.25, 0.3) is 11.5 Å². The summed E-state index contributed by atoms with van der Waals surface area (Å²) < 4.78 is 2.22. The van der Waals surface area contributed by atoms with Crippen LogP contribution < -0.4 is 4.90 Å². The number of benzene rings is 3. The minimum absolute atomic E-state index is 0.156. The number of nitro benzene ring substituents is 1. The normalized spacial score (nSPS) is 16.2. The first kappa shape index (κ1) is 28.4. The van der Waals surface area contributed by atoms with Crippen LogP contribution in [0.3, 0.4) is 0 Å². The number of nitrogens with zero attached hydrogens (tertiary/aromatic N) is 6. The predicted molar refractivity (Wildman–Crippen MR) is 171 cm³/mol. The molecule has 1 N–H and O–H groups in total. The minimum Gasteiger partial charge on any atom is -0.505 e. The molecule has 1 aliphatic heterocycles. The second-order valence-corrected chi connectivity index (χ2v) is 12.4. The molecular weight excluding hydrogens is 613 g/mol. The lowest BCUT2D eigenvalue weighted by Gasteiger charge is -2.22. The number of pyridine rings is 1. The Bertz CT molecular complexity index is 2180. The number of aromatic nitrogens is 4. The van der Waals surface area contributed by atoms with Crippen LogP contribution in [0.1, 0.15) is 28.6 Å². The molecule has 0 spiro atoms. The molecule has 1 unspecified atom stereocenters. The highest BCUT2D eigenvalue weighted by molar-refractivity contribution is 8.00. The Hall–Kier alpha value is -5.40. The van der Waals surface area contributed by atoms with Crippen molar-refractivity contribution in [3.63, 3.8) is 0 Å². The largest absolute Gasteiger partial charge is 0.505 e. The van der Waals surface area contributed by atoms with E-state index in [0.717, 1.165) is 27.7 Å². The molecule has 11 nitrogen and oxygen atoms in total. The van der Waals surface area contributed by atoms with E-state index in [2.05, 4.69) is 33.4 Å². The van der Waals surface area contributed by atoms with Crippen molar-refractivity contribution in [2.24, 2.45) is 0 Å². The van der Waals surface area contributed by atoms with E-state index in [4.69, 9.17) is 0 Å². The Kier molecular flexibility index (Phi) is 7.10. The average Bonchev–Trinajstić information content (AvgIpc) is 3.73. The third kappa shape index (κ3) is 4.91. The van der Waals surface area contributed by atoms with Gasteiger partial charge in [0, 0.05) is 24.1 Å². The third-order valence-electron chi connectivity index (χ3n) is 7.63. The number of nitro groups is 1. The summed E-state index contributed by atoms with van der Waals surface area (Å²) in [6.45, 7) is 1.70. The van der Waals surface area contributed by atoms with Crippen molar-refractivity contribution in [1.82, 2.24) is 19.6 Å². The maximum absolute atomic E-state index is 13.7. The molecule has 1 fully saturated rings. The molecule has 45 heavy (non-hydrogen) atoms. The van der Waals surface area contributed by atoms with Gasteiger partial charge in [0.05, 0.1) is 22.2 Å². The summed E-state index contributed by atoms with van der Waals surface area (Å²) in [5.41, 5.74) is 2.43. The number of aliphatic hydroxyl groups excluding tert-OH is 1. The fraction of sp³-hybridized carbons (Fsp3) is 0.0938. The second-order valence-electron chi connectivity index (χ2n) is 10.3. The summed E-state index contributed by atoms with van der Waals surface area (Å²) in [4.78, 5) is 43.9. The van der Waals surface area contributed by atoms with E-state index in [9.17, 15) is 24.8 Å². The summed E-state index contributed by atoms with van der Waals surface area (Å²) in [5.74, 6) is -1.62. The zero-order valence-corrected chi connectivity index (χ0v) is 25.2. The minimum atomic E-state index is -1.12. The van der Waals surface area contributed by atoms with E-state index in [1.807, 2.05) is 24.3 Å². The first-order valence-corrected chi connectivity index (χ1v) is 15.5. The molecule has 1 saturated heterocycles. The number of aryl methyl sites for hydroxylation is 1. The summed E-state index contributed by atoms with van der Waals surface area (Å²) in [6, 6.07) is 23.9. The number of hydrogen-bond acceptors (Lipinski definition) is 10. The number of ketones is 1. The molecule has 0 bridgehead atoms. The van der Waals surface area contributed by atoms with Gasteiger partial charge in [0.2, 0.25) is 5.13 Å². The molecular formula is C32H22N6O5S2. The number of carbonyl (C=O) groups is 2. The van der Waals surface area contributed by atoms with Gasteiger partial charge in [-0.2, -0.15) is 0 Å². The molecule has 0 saturated carbocycles. The van der Waals surface area contributed by atoms with E-state index in [1.165, 1.54) is 40.9 Å². The topological polar surface area (TPSA) is 144 Å². The number of non-ortho nitro benzene ring substituents is 1. The fourth-order valence-corrected chi connectivity index (χ4v) is 7.44. The molecule has 1 amide bonds. The van der Waals surface area contributed by atoms with E-state index in [0.29, 0.717) is 27.0 Å². The van der Waals surface area contributed by atoms with Crippen LogP contribution in [0.2, 0.25) is 0 Å². The molecule has 7 rings (SSSR count). The van der Waals surface area contributed by atoms with Gasteiger partial charge in [-0.1, -0.05) is 71.6 Å². The second kappa shape index (κ2) is 11.3. The molecule has 3 aromatic carbocycles. The molecule has 3 aromatic heterocycles. The highest BCUT2D eigenvalue weighted by Crippen LogP contribution is 2.44. The lowest BCUT2D eigenvalue weighted by Crippen LogP contribution is -2.29. The molecule has 1 aliphatic rings. The van der Waals surface area contributed by atoms with Gasteiger partial charge in [0.1, 0.15) is 11.3 Å². The van der Waals surface area contributed by atoms with Crippen molar-refractivity contribution >= 4 is 67.8 Å². The zero-order valence-electron chi connectivity index (χ0n) is 23.5. The van der Waals surface area contributed by atoms with Crippen LogP contribution in [-0.2, 0) is 15.3 Å². The van der Waals surface area contributed by atoms with Crippen LogP contribution in [-0.4, -0.2) is 41.3 Å². The number of fused-ring (bicyclic) bond motifs is 2. The Morgan fingerprint density at radius 2 is 1.76 bits per heavy atom. The van der Waals surface area contributed by atoms with Gasteiger partial charge in [-0.25, -0.2) is 4.98 Å². The quantitative estimate of drug-likeness (QED) is 0.0397. The van der Waals surface area contributed by atoms with Gasteiger partial charge < -0.3 is 5.11 Å². The molecule has 0 radical (unpaired) electrons. The number of Topliss-reactive ketones (excluding diaryl/α,β-unsaturated/α-hetero) is 1. The van der Waals surface area contributed by atoms with E-state index >= 15 is 0 Å². The summed E-state index contributed by atoms with van der Waals surface area (Å²) in [7, 11) is 0. The predicted octanol–water partition coefficient (Wildman–Crippen LogP) is 6.47. The number of imidazole rings is 1. The monoisotopic (exact) mass is 634 g/mol. The SMILES string of the molecule is Cc1nc2ccccn2c1/C(O)=C1\C(=O)C(=O)N(c2nnc(SCc3cccc4ccccc34)s2)C1c1ccc([N+](=O)[O-])cc1. The van der Waals surface area contributed by atoms with E-state index in [-0.39, 0.29) is 22.1 Å². The zero-order chi connectivity index (χ0) is 31.2. The molecule has 222 valence electrons. The molecule has 0 aliphatic carbocycles. The van der Waals surface area contributed by atoms with Crippen molar-refractivity contribution in [1.29, 1.82) is 0 Å². The van der Waals surface area contributed by atoms with Crippen LogP contribution in [0.25, 0.3) is 22.2 Å². The van der Waals surface area contributed by atoms with Crippen LogP contribution in [0, 0.1) is 17.0 Å². The highest BCUT2D eigenvalue weighted by atomic mass is 32.2. The summed E-state index contributed by atoms with van der Waals surface area (Å²) >= 11 is 2.60. The van der Waals surface area contributed by atoms with Gasteiger partial charge in [0.15, 0.2) is 10.1 Å². The summed E-state index contributed by atoms with van der Waals surface area (Å²) in [5, 5.41) is 34.0. The Labute approximate surface area is 263 Å². The number of anilines is 1. The number of aliphatic hydroxyl groups is 1. The lowest BCUT2D eigenvalue weighted by atomic mass is 9.96. The standard InChI is InChI=1S/C32H22N6O5S2/c1-18-26(36-16-5-4-11-24(36)33-18)28(39)25-27(20-12-14-22(15-13-20)38(42)43)37(30(41)29(25)40)31-34-35-32(45-31)44-17-21-9-6-8-19-7-2-3-10-23(19)21/h2-16,27,39H,17H2,1H3/b28-25+. The van der Waals surface area contributed by atoms with Crippen LogP contribution in [0.4, 0.5) is 10.8 Å². The van der Waals surface area contributed by atoms with Crippen LogP contribution >= 0.6 is 23.1 Å². The molecule has 4 heterocycles. The average molecular weight is 635 g/mol. The Morgan fingerprint density at radius 1 is 1.00 bits per heavy atom. The van der Waals surface area contributed by atoms with Crippen molar-refractivity contribution in [3.8, 4) is 0 Å². The van der Waals surface area contributed by atoms with Crippen molar-refractivity contribution in [2.75, 3.05) is 4.90 Å². The first-order valence-electron chi connectivity index (χ1n) is 13.7. The van der Waals surface area contributed by atoms with Gasteiger partial charge in [-0.05, 0) is 53.1 Å². The van der Waals surface area contributed by atoms with Crippen molar-refractivity contribution < 1.29 is 19.6 Å². The Balaban J connectivity index is 1.30. The fourth-order valence-electron chi connectivity index (χ4n) is 5.57. The highest BCUT2D eigenvalue weighted by Gasteiger charge is 2.49. The first-order chi connectivity index (χ1) is 21.8. The smallest absolute Gasteiger partial charge is 0.301 e. The van der Waals surface area contributed by atoms with Crippen LogP contribution in [0.5, 0.6) is 0 Å². The van der Waals surface area contributed by atoms with Crippen molar-refractivity contribution in [2.45, 2.75) is 23.1 Å². The number of amides is 1. The van der Waals surface area contributed by atoms with E-state index in [1.54, 1.807) is 35.7 Å². The third-order valence-corrected chi connectivity index (χ3v) is 9.73. The number of rotatable bonds is 7. The number of carbonyl (C=O) groups excluding carboxylic acids is 2. The number of thioether (sulfide) groups is 1. The molecule has 1 atom stereocenters. The molecule has 13 heteroatoms. The van der Waals surface area contributed by atoms with Gasteiger partial charge in [-0.15, -0.1) is 10.2 Å². The Morgan fingerprint density at radius 3 is 2.56 bits per heavy atom. The molecule has 6 aromatic rings. The number of hydrogen-bond donors (Lipinski definition) is 1. The maximum atomic E-state index is 13.7. The lowest BCUT2D eigenvalue weighted by molar-refractivity contribution is -0.384. The van der Waals surface area contributed by atoms with E-state index < -0.39 is 28.4 Å². The summed E-state index contributed by atoms with van der Waals surface area (Å²) in [6.07, 6.45) is 1.70. The van der Waals surface area contributed by atoms with Gasteiger partial charge in [-0.3, -0.25) is 29.0 Å². The van der Waals surface area contributed by atoms with Crippen molar-refractivity contribution in [3.05, 3.63) is 129 Å².